The topological polar surface area (TPSA) is 87.2 Å². The lowest BCUT2D eigenvalue weighted by molar-refractivity contribution is 0.102. The van der Waals surface area contributed by atoms with E-state index in [0.29, 0.717) is 34.5 Å². The standard InChI is InChI=1S/C22H21ClFN5O2S/c1-13-4-9-18(17(23)11-13)26-22(31)29-10-2-3-14(12-29)20-27-28-21(32-20)19(30)25-16-7-5-15(24)6-8-16/h4-9,11,14H,2-3,10,12H2,1H3,(H,25,30)(H,26,31)/t14-/m1/s1. The number of carbonyl (C=O) groups is 2. The van der Waals surface area contributed by atoms with Crippen LogP contribution in [0.25, 0.3) is 0 Å². The molecule has 1 aliphatic rings. The van der Waals surface area contributed by atoms with Crippen LogP contribution in [0.15, 0.2) is 42.5 Å². The molecule has 0 radical (unpaired) electrons. The van der Waals surface area contributed by atoms with Crippen molar-refractivity contribution in [1.82, 2.24) is 15.1 Å². The lowest BCUT2D eigenvalue weighted by Gasteiger charge is -2.31. The normalized spacial score (nSPS) is 16.0. The van der Waals surface area contributed by atoms with Crippen molar-refractivity contribution in [2.24, 2.45) is 0 Å². The van der Waals surface area contributed by atoms with E-state index in [1.54, 1.807) is 17.0 Å². The third kappa shape index (κ3) is 5.23. The molecule has 1 aliphatic heterocycles. The third-order valence-electron chi connectivity index (χ3n) is 5.16. The SMILES string of the molecule is Cc1ccc(NC(=O)N2CCC[C@@H](c3nnc(C(=O)Nc4ccc(F)cc4)s3)C2)c(Cl)c1. The molecule has 1 atom stereocenters. The number of amides is 3. The number of aryl methyl sites for hydroxylation is 1. The number of nitrogens with one attached hydrogen (secondary N) is 2. The van der Waals surface area contributed by atoms with Gasteiger partial charge in [0.25, 0.3) is 5.91 Å². The van der Waals surface area contributed by atoms with Gasteiger partial charge in [-0.1, -0.05) is 29.0 Å². The number of hydrogen-bond donors (Lipinski definition) is 2. The van der Waals surface area contributed by atoms with Crippen molar-refractivity contribution in [1.29, 1.82) is 0 Å². The van der Waals surface area contributed by atoms with Crippen LogP contribution in [0.5, 0.6) is 0 Å². The Labute approximate surface area is 193 Å². The highest BCUT2D eigenvalue weighted by molar-refractivity contribution is 7.13. The van der Waals surface area contributed by atoms with Crippen LogP contribution >= 0.6 is 22.9 Å². The van der Waals surface area contributed by atoms with E-state index < -0.39 is 5.91 Å². The summed E-state index contributed by atoms with van der Waals surface area (Å²) < 4.78 is 13.0. The van der Waals surface area contributed by atoms with Crippen LogP contribution in [-0.2, 0) is 0 Å². The summed E-state index contributed by atoms with van der Waals surface area (Å²) in [5, 5.41) is 15.2. The summed E-state index contributed by atoms with van der Waals surface area (Å²) in [5.74, 6) is -0.788. The van der Waals surface area contributed by atoms with Gasteiger partial charge < -0.3 is 15.5 Å². The van der Waals surface area contributed by atoms with Crippen molar-refractivity contribution in [3.05, 3.63) is 68.9 Å². The van der Waals surface area contributed by atoms with Gasteiger partial charge in [-0.25, -0.2) is 9.18 Å². The fourth-order valence-corrected chi connectivity index (χ4v) is 4.63. The van der Waals surface area contributed by atoms with E-state index in [-0.39, 0.29) is 22.8 Å². The van der Waals surface area contributed by atoms with Crippen molar-refractivity contribution < 1.29 is 14.0 Å². The number of anilines is 2. The molecule has 0 spiro atoms. The summed E-state index contributed by atoms with van der Waals surface area (Å²) in [6, 6.07) is 10.8. The van der Waals surface area contributed by atoms with Gasteiger partial charge in [0.2, 0.25) is 5.01 Å². The summed E-state index contributed by atoms with van der Waals surface area (Å²) >= 11 is 7.43. The number of carbonyl (C=O) groups excluding carboxylic acids is 2. The van der Waals surface area contributed by atoms with Crippen LogP contribution in [0, 0.1) is 12.7 Å². The molecule has 3 aromatic rings. The zero-order valence-corrected chi connectivity index (χ0v) is 18.8. The van der Waals surface area contributed by atoms with E-state index in [0.717, 1.165) is 18.4 Å². The molecule has 3 amide bonds. The second kappa shape index (κ2) is 9.62. The minimum Gasteiger partial charge on any atom is -0.324 e. The predicted molar refractivity (Wildman–Crippen MR) is 123 cm³/mol. The number of halogens is 2. The smallest absolute Gasteiger partial charge is 0.321 e. The highest BCUT2D eigenvalue weighted by atomic mass is 35.5. The quantitative estimate of drug-likeness (QED) is 0.538. The van der Waals surface area contributed by atoms with Crippen molar-refractivity contribution in [2.75, 3.05) is 23.7 Å². The number of piperidine rings is 1. The number of benzene rings is 2. The molecule has 7 nitrogen and oxygen atoms in total. The molecule has 1 saturated heterocycles. The molecule has 0 unspecified atom stereocenters. The van der Waals surface area contributed by atoms with Gasteiger partial charge in [0, 0.05) is 24.7 Å². The predicted octanol–water partition coefficient (Wildman–Crippen LogP) is 5.30. The van der Waals surface area contributed by atoms with Gasteiger partial charge >= 0.3 is 6.03 Å². The molecule has 0 saturated carbocycles. The number of aromatic nitrogens is 2. The summed E-state index contributed by atoms with van der Waals surface area (Å²) in [5.41, 5.74) is 2.06. The van der Waals surface area contributed by atoms with Gasteiger partial charge in [0.15, 0.2) is 0 Å². The molecule has 32 heavy (non-hydrogen) atoms. The molecule has 4 rings (SSSR count). The van der Waals surface area contributed by atoms with E-state index in [2.05, 4.69) is 20.8 Å². The Bertz CT molecular complexity index is 1140. The molecule has 1 aromatic heterocycles. The largest absolute Gasteiger partial charge is 0.324 e. The van der Waals surface area contributed by atoms with Crippen LogP contribution < -0.4 is 10.6 Å². The molecular weight excluding hydrogens is 453 g/mol. The number of rotatable bonds is 4. The monoisotopic (exact) mass is 473 g/mol. The Morgan fingerprint density at radius 2 is 1.94 bits per heavy atom. The molecular formula is C22H21ClFN5O2S. The van der Waals surface area contributed by atoms with E-state index in [4.69, 9.17) is 11.6 Å². The maximum absolute atomic E-state index is 13.0. The number of nitrogens with zero attached hydrogens (tertiary/aromatic N) is 3. The molecule has 1 fully saturated rings. The molecule has 166 valence electrons. The maximum atomic E-state index is 13.0. The Hall–Kier alpha value is -3.04. The van der Waals surface area contributed by atoms with Gasteiger partial charge in [-0.15, -0.1) is 10.2 Å². The Morgan fingerprint density at radius 3 is 2.69 bits per heavy atom. The molecule has 2 aromatic carbocycles. The molecule has 0 aliphatic carbocycles. The van der Waals surface area contributed by atoms with Crippen molar-refractivity contribution in [3.63, 3.8) is 0 Å². The van der Waals surface area contributed by atoms with E-state index in [9.17, 15) is 14.0 Å². The highest BCUT2D eigenvalue weighted by Gasteiger charge is 2.28. The Morgan fingerprint density at radius 1 is 1.16 bits per heavy atom. The van der Waals surface area contributed by atoms with Crippen molar-refractivity contribution in [2.45, 2.75) is 25.7 Å². The number of hydrogen-bond acceptors (Lipinski definition) is 5. The van der Waals surface area contributed by atoms with Gasteiger partial charge in [-0.2, -0.15) is 0 Å². The summed E-state index contributed by atoms with van der Waals surface area (Å²) in [4.78, 5) is 26.9. The average molecular weight is 474 g/mol. The van der Waals surface area contributed by atoms with Crippen LogP contribution in [0.2, 0.25) is 5.02 Å². The zero-order chi connectivity index (χ0) is 22.7. The zero-order valence-electron chi connectivity index (χ0n) is 17.3. The van der Waals surface area contributed by atoms with Gasteiger partial charge in [-0.05, 0) is 61.7 Å². The molecule has 2 heterocycles. The van der Waals surface area contributed by atoms with E-state index >= 15 is 0 Å². The Balaban J connectivity index is 1.39. The summed E-state index contributed by atoms with van der Waals surface area (Å²) in [6.45, 7) is 3.04. The molecule has 2 N–H and O–H groups in total. The van der Waals surface area contributed by atoms with Crippen LogP contribution in [0.3, 0.4) is 0 Å². The van der Waals surface area contributed by atoms with Crippen molar-refractivity contribution >= 4 is 46.3 Å². The minimum atomic E-state index is -0.403. The second-order valence-corrected chi connectivity index (χ2v) is 9.02. The third-order valence-corrected chi connectivity index (χ3v) is 6.56. The maximum Gasteiger partial charge on any atom is 0.321 e. The van der Waals surface area contributed by atoms with Gasteiger partial charge in [0.1, 0.15) is 10.8 Å². The highest BCUT2D eigenvalue weighted by Crippen LogP contribution is 2.30. The Kier molecular flexibility index (Phi) is 6.66. The first-order valence-electron chi connectivity index (χ1n) is 10.1. The molecule has 0 bridgehead atoms. The lowest BCUT2D eigenvalue weighted by atomic mass is 9.99. The van der Waals surface area contributed by atoms with Crippen molar-refractivity contribution in [3.8, 4) is 0 Å². The van der Waals surface area contributed by atoms with E-state index in [1.807, 2.05) is 13.0 Å². The van der Waals surface area contributed by atoms with E-state index in [1.165, 1.54) is 35.6 Å². The first-order valence-corrected chi connectivity index (χ1v) is 11.3. The van der Waals surface area contributed by atoms with Crippen LogP contribution in [-0.4, -0.2) is 40.1 Å². The first kappa shape index (κ1) is 22.2. The first-order chi connectivity index (χ1) is 15.4. The molecule has 10 heteroatoms. The van der Waals surface area contributed by atoms with Crippen LogP contribution in [0.1, 0.15) is 39.1 Å². The number of likely N-dealkylation sites (tertiary alicyclic amines) is 1. The van der Waals surface area contributed by atoms with Gasteiger partial charge in [0.05, 0.1) is 10.7 Å². The summed E-state index contributed by atoms with van der Waals surface area (Å²) in [7, 11) is 0. The van der Waals surface area contributed by atoms with Crippen LogP contribution in [0.4, 0.5) is 20.6 Å². The summed E-state index contributed by atoms with van der Waals surface area (Å²) in [6.07, 6.45) is 1.67. The lowest BCUT2D eigenvalue weighted by Crippen LogP contribution is -2.41. The second-order valence-electron chi connectivity index (χ2n) is 7.61. The minimum absolute atomic E-state index is 0.00661. The number of urea groups is 1. The average Bonchev–Trinajstić information content (AvgIpc) is 3.28. The fourth-order valence-electron chi connectivity index (χ4n) is 3.49. The fraction of sp³-hybridized carbons (Fsp3) is 0.273. The van der Waals surface area contributed by atoms with Gasteiger partial charge in [-0.3, -0.25) is 4.79 Å².